The maximum atomic E-state index is 12.9. The summed E-state index contributed by atoms with van der Waals surface area (Å²) < 4.78 is 129. The van der Waals surface area contributed by atoms with E-state index in [0.717, 1.165) is 19.1 Å². The molecule has 0 radical (unpaired) electrons. The maximum absolute atomic E-state index is 12.9. The third-order valence-corrected chi connectivity index (χ3v) is 7.38. The van der Waals surface area contributed by atoms with Gasteiger partial charge in [0, 0.05) is 16.3 Å². The third kappa shape index (κ3) is 7.11. The highest BCUT2D eigenvalue weighted by molar-refractivity contribution is 8.46. The van der Waals surface area contributed by atoms with Crippen LogP contribution in [0, 0.1) is 0 Å². The first-order valence-corrected chi connectivity index (χ1v) is 13.0. The number of nitrogens with one attached hydrogen (secondary N) is 1. The Morgan fingerprint density at radius 3 is 1.84 bits per heavy atom. The summed E-state index contributed by atoms with van der Waals surface area (Å²) in [6.45, 7) is 0.845. The smallest absolute Gasteiger partial charge is 0.310 e. The number of benzene rings is 2. The molecule has 0 bridgehead atoms. The normalized spacial score (nSPS) is 19.0. The van der Waals surface area contributed by atoms with E-state index in [9.17, 15) is 48.8 Å². The Morgan fingerprint density at radius 2 is 1.34 bits per heavy atom. The Balaban J connectivity index is 2.17. The van der Waals surface area contributed by atoms with E-state index in [0.29, 0.717) is 23.9 Å². The molecule has 0 fully saturated rings. The molecule has 184 valence electrons. The summed E-state index contributed by atoms with van der Waals surface area (Å²) in [4.78, 5) is 7.32. The second kappa shape index (κ2) is 6.42. The average molecular weight is 539 g/mol. The van der Waals surface area contributed by atoms with Crippen LogP contribution in [0.5, 0.6) is 0 Å². The van der Waals surface area contributed by atoms with E-state index in [1.54, 1.807) is 5.32 Å². The van der Waals surface area contributed by atoms with E-state index >= 15 is 0 Å². The number of hydrogen-bond acceptors (Lipinski definition) is 3. The predicted molar refractivity (Wildman–Crippen MR) is 106 cm³/mol. The molecule has 3 nitrogen and oxygen atoms in total. The predicted octanol–water partition coefficient (Wildman–Crippen LogP) is 8.48. The lowest BCUT2D eigenvalue weighted by atomic mass is 10.1. The van der Waals surface area contributed by atoms with Crippen LogP contribution in [0.25, 0.3) is 0 Å². The Morgan fingerprint density at radius 1 is 0.875 bits per heavy atom. The number of hydrogen-bond donors (Lipinski definition) is 2. The maximum Gasteiger partial charge on any atom is 0.310 e. The molecule has 0 saturated heterocycles. The summed E-state index contributed by atoms with van der Waals surface area (Å²) in [6.07, 6.45) is 0. The first-order chi connectivity index (χ1) is 13.8. The van der Waals surface area contributed by atoms with Crippen LogP contribution in [-0.2, 0) is 4.79 Å². The first-order valence-electron chi connectivity index (χ1n) is 8.12. The monoisotopic (exact) mass is 539 g/mol. The van der Waals surface area contributed by atoms with Gasteiger partial charge < -0.3 is 10.4 Å². The molecule has 0 spiro atoms. The number of rotatable bonds is 7. The van der Waals surface area contributed by atoms with Gasteiger partial charge in [-0.05, 0) is 43.3 Å². The van der Waals surface area contributed by atoms with Gasteiger partial charge in [0.1, 0.15) is 15.4 Å². The van der Waals surface area contributed by atoms with Crippen molar-refractivity contribution in [2.45, 2.75) is 27.2 Å². The van der Waals surface area contributed by atoms with E-state index in [-0.39, 0.29) is 29.2 Å². The van der Waals surface area contributed by atoms with Gasteiger partial charge in [0.2, 0.25) is 0 Å². The molecule has 0 aliphatic rings. The van der Waals surface area contributed by atoms with Gasteiger partial charge in [0.05, 0.1) is 0 Å². The largest absolute Gasteiger partial charge is 0.379 e. The lowest BCUT2D eigenvalue weighted by Gasteiger charge is -2.40. The Hall–Kier alpha value is -1.78. The van der Waals surface area contributed by atoms with Gasteiger partial charge in [-0.25, -0.2) is 0 Å². The van der Waals surface area contributed by atoms with Crippen molar-refractivity contribution in [1.29, 1.82) is 0 Å². The van der Waals surface area contributed by atoms with Crippen molar-refractivity contribution >= 4 is 43.8 Å². The minimum absolute atomic E-state index is 0.0409. The van der Waals surface area contributed by atoms with Gasteiger partial charge in [0.25, 0.3) is 5.91 Å². The molecule has 0 aromatic heterocycles. The number of thioether (sulfide) groups is 1. The third-order valence-electron chi connectivity index (χ3n) is 3.80. The minimum Gasteiger partial charge on any atom is -0.379 e. The second-order valence-electron chi connectivity index (χ2n) is 6.96. The van der Waals surface area contributed by atoms with Crippen LogP contribution in [0.15, 0.2) is 63.2 Å². The van der Waals surface area contributed by atoms with Crippen molar-refractivity contribution in [3.05, 3.63) is 48.5 Å². The lowest BCUT2D eigenvalue weighted by molar-refractivity contribution is -0.130. The number of anilines is 1. The summed E-state index contributed by atoms with van der Waals surface area (Å²) in [6, 6.07) is 3.46. The Labute approximate surface area is 179 Å². The molecular weight excluding hydrogens is 524 g/mol. The van der Waals surface area contributed by atoms with Crippen LogP contribution in [-0.4, -0.2) is 22.4 Å². The molecule has 2 aromatic rings. The van der Waals surface area contributed by atoms with Crippen LogP contribution in [0.2, 0.25) is 0 Å². The van der Waals surface area contributed by atoms with Gasteiger partial charge in [0.15, 0.2) is 0 Å². The molecule has 16 heteroatoms. The fraction of sp³-hybridized carbons (Fsp3) is 0.188. The quantitative estimate of drug-likeness (QED) is 0.274. The molecule has 1 atom stereocenters. The molecule has 32 heavy (non-hydrogen) atoms. The van der Waals surface area contributed by atoms with Crippen LogP contribution in [0.3, 0.4) is 0 Å². The molecule has 0 heterocycles. The highest BCUT2D eigenvalue weighted by atomic mass is 32.5. The average Bonchev–Trinajstić information content (AvgIpc) is 2.57. The van der Waals surface area contributed by atoms with Gasteiger partial charge in [-0.2, -0.15) is 0 Å². The van der Waals surface area contributed by atoms with E-state index in [1.165, 1.54) is 0 Å². The number of carbonyl (C=O) groups is 1. The van der Waals surface area contributed by atoms with Crippen molar-refractivity contribution in [2.75, 3.05) is 11.1 Å². The van der Waals surface area contributed by atoms with Crippen LogP contribution in [0.1, 0.15) is 6.92 Å². The van der Waals surface area contributed by atoms with Gasteiger partial charge >= 0.3 is 20.4 Å². The highest BCUT2D eigenvalue weighted by Gasteiger charge is 2.66. The van der Waals surface area contributed by atoms with E-state index in [1.807, 2.05) is 0 Å². The SMILES string of the molecule is CC(O)(CSc1cccc(S(F)(F)(F)(F)F)c1)C(=O)Nc1cccc(S(F)(F)(F)(F)F)c1. The zero-order chi connectivity index (χ0) is 25.0. The molecule has 0 saturated carbocycles. The molecule has 0 aliphatic carbocycles. The number of halogens is 10. The zero-order valence-electron chi connectivity index (χ0n) is 15.7. The second-order valence-corrected chi connectivity index (χ2v) is 12.8. The molecule has 1 amide bonds. The Bertz CT molecular complexity index is 1070. The highest BCUT2D eigenvalue weighted by Crippen LogP contribution is 3.02. The molecule has 1 unspecified atom stereocenters. The topological polar surface area (TPSA) is 49.3 Å². The van der Waals surface area contributed by atoms with Crippen LogP contribution in [0.4, 0.5) is 44.5 Å². The standard InChI is InChI=1S/C16H15F10NO2S3/c1-16(29,10-30-12-5-3-7-14(9-12)32(22,23,24,25)26)15(28)27-11-4-2-6-13(8-11)31(17,18,19,20)21/h2-9,29H,10H2,1H3,(H,27,28). The van der Waals surface area contributed by atoms with Gasteiger partial charge in [-0.15, -0.1) is 11.8 Å². The van der Waals surface area contributed by atoms with Crippen LogP contribution < -0.4 is 5.32 Å². The fourth-order valence-corrected chi connectivity index (χ4v) is 4.58. The van der Waals surface area contributed by atoms with E-state index < -0.39 is 53.2 Å². The Kier molecular flexibility index (Phi) is 5.31. The summed E-state index contributed by atoms with van der Waals surface area (Å²) in [7, 11) is -20.0. The molecule has 2 rings (SSSR count). The zero-order valence-corrected chi connectivity index (χ0v) is 18.1. The molecule has 2 N–H and O–H groups in total. The van der Waals surface area contributed by atoms with E-state index in [2.05, 4.69) is 0 Å². The number of amides is 1. The van der Waals surface area contributed by atoms with Crippen molar-refractivity contribution in [2.24, 2.45) is 0 Å². The van der Waals surface area contributed by atoms with E-state index in [4.69, 9.17) is 0 Å². The molecule has 0 aliphatic heterocycles. The summed E-state index contributed by atoms with van der Waals surface area (Å²) in [5.74, 6) is -2.07. The van der Waals surface area contributed by atoms with Crippen molar-refractivity contribution in [3.8, 4) is 0 Å². The van der Waals surface area contributed by atoms with Crippen LogP contribution >= 0.6 is 32.2 Å². The minimum atomic E-state index is -10.0. The van der Waals surface area contributed by atoms with Crippen molar-refractivity contribution < 1.29 is 48.8 Å². The number of carbonyl (C=O) groups excluding carboxylic acids is 1. The summed E-state index contributed by atoms with van der Waals surface area (Å²) in [5.41, 5.74) is -3.16. The summed E-state index contributed by atoms with van der Waals surface area (Å²) in [5, 5.41) is 12.0. The molecule has 2 aromatic carbocycles. The fourth-order valence-electron chi connectivity index (χ4n) is 2.17. The lowest BCUT2D eigenvalue weighted by Crippen LogP contribution is -2.42. The van der Waals surface area contributed by atoms with Gasteiger partial charge in [-0.3, -0.25) is 4.79 Å². The van der Waals surface area contributed by atoms with Crippen molar-refractivity contribution in [3.63, 3.8) is 0 Å². The van der Waals surface area contributed by atoms with Gasteiger partial charge in [-0.1, -0.05) is 51.0 Å². The summed E-state index contributed by atoms with van der Waals surface area (Å²) >= 11 is 0.381. The number of aliphatic hydroxyl groups is 1. The first kappa shape index (κ1) is 26.5. The molecular formula is C16H15F10NO2S3. The van der Waals surface area contributed by atoms with Crippen molar-refractivity contribution in [1.82, 2.24) is 0 Å².